The number of carbonyl (C=O) groups is 1. The van der Waals surface area contributed by atoms with E-state index in [4.69, 9.17) is 27.9 Å². The topological polar surface area (TPSA) is 38.3 Å². The van der Waals surface area contributed by atoms with Gasteiger partial charge in [-0.15, -0.1) is 0 Å². The number of hydrogen-bond acceptors (Lipinski definition) is 2. The Morgan fingerprint density at radius 2 is 1.96 bits per heavy atom. The highest BCUT2D eigenvalue weighted by Crippen LogP contribution is 2.42. The lowest BCUT2D eigenvalue weighted by atomic mass is 9.83. The van der Waals surface area contributed by atoms with Crippen LogP contribution < -0.4 is 10.1 Å². The van der Waals surface area contributed by atoms with E-state index in [9.17, 15) is 4.79 Å². The predicted octanol–water partition coefficient (Wildman–Crippen LogP) is 6.21. The lowest BCUT2D eigenvalue weighted by molar-refractivity contribution is -0.117. The largest absolute Gasteiger partial charge is 0.487 e. The number of benzene rings is 2. The summed E-state index contributed by atoms with van der Waals surface area (Å²) in [5.74, 6) is 0.686. The van der Waals surface area contributed by atoms with Crippen molar-refractivity contribution in [2.75, 3.05) is 0 Å². The Balaban J connectivity index is 1.79. The van der Waals surface area contributed by atoms with Gasteiger partial charge in [0.1, 0.15) is 11.4 Å². The molecule has 0 unspecified atom stereocenters. The van der Waals surface area contributed by atoms with Gasteiger partial charge in [-0.05, 0) is 42.7 Å². The minimum absolute atomic E-state index is 0.0901. The predicted molar refractivity (Wildman–Crippen MR) is 111 cm³/mol. The highest BCUT2D eigenvalue weighted by Gasteiger charge is 2.38. The molecule has 0 saturated carbocycles. The van der Waals surface area contributed by atoms with Gasteiger partial charge < -0.3 is 10.1 Å². The number of ether oxygens (including phenoxy) is 1. The van der Waals surface area contributed by atoms with Crippen molar-refractivity contribution < 1.29 is 9.53 Å². The molecule has 0 spiro atoms. The van der Waals surface area contributed by atoms with Crippen LogP contribution >= 0.6 is 23.2 Å². The van der Waals surface area contributed by atoms with E-state index in [-0.39, 0.29) is 17.6 Å². The average molecular weight is 404 g/mol. The number of nitrogens with one attached hydrogen (secondary N) is 1. The first kappa shape index (κ1) is 19.8. The van der Waals surface area contributed by atoms with E-state index in [2.05, 4.69) is 19.2 Å². The molecule has 27 heavy (non-hydrogen) atoms. The summed E-state index contributed by atoms with van der Waals surface area (Å²) in [6.07, 6.45) is 5.73. The van der Waals surface area contributed by atoms with Crippen molar-refractivity contribution in [3.63, 3.8) is 0 Å². The van der Waals surface area contributed by atoms with E-state index in [0.717, 1.165) is 36.1 Å². The molecule has 2 aromatic rings. The molecule has 3 rings (SSSR count). The van der Waals surface area contributed by atoms with E-state index in [0.29, 0.717) is 10.0 Å². The minimum atomic E-state index is -0.254. The zero-order chi connectivity index (χ0) is 19.4. The molecule has 0 saturated heterocycles. The Morgan fingerprint density at radius 3 is 2.67 bits per heavy atom. The van der Waals surface area contributed by atoms with Crippen molar-refractivity contribution in [3.05, 3.63) is 69.7 Å². The fourth-order valence-corrected chi connectivity index (χ4v) is 3.92. The van der Waals surface area contributed by atoms with Gasteiger partial charge in [-0.1, -0.05) is 61.3 Å². The summed E-state index contributed by atoms with van der Waals surface area (Å²) in [7, 11) is 0. The van der Waals surface area contributed by atoms with Crippen molar-refractivity contribution in [3.8, 4) is 5.75 Å². The molecule has 142 valence electrons. The van der Waals surface area contributed by atoms with Crippen molar-refractivity contribution in [1.29, 1.82) is 0 Å². The summed E-state index contributed by atoms with van der Waals surface area (Å²) in [4.78, 5) is 12.6. The maximum Gasteiger partial charge on any atom is 0.244 e. The van der Waals surface area contributed by atoms with Gasteiger partial charge in [0.15, 0.2) is 0 Å². The molecule has 1 atom stereocenters. The maximum atomic E-state index is 12.6. The summed E-state index contributed by atoms with van der Waals surface area (Å²) in [5.41, 5.74) is 1.51. The number of para-hydroxylation sites is 1. The third kappa shape index (κ3) is 4.48. The Kier molecular flexibility index (Phi) is 6.13. The molecule has 0 aromatic heterocycles. The van der Waals surface area contributed by atoms with Crippen molar-refractivity contribution in [1.82, 2.24) is 5.32 Å². The Hall–Kier alpha value is -1.97. The molecule has 0 aliphatic carbocycles. The number of hydrogen-bond donors (Lipinski definition) is 1. The van der Waals surface area contributed by atoms with Crippen molar-refractivity contribution in [2.45, 2.75) is 44.8 Å². The van der Waals surface area contributed by atoms with Crippen LogP contribution in [0.15, 0.2) is 48.5 Å². The Labute approximate surface area is 170 Å². The van der Waals surface area contributed by atoms with Gasteiger partial charge >= 0.3 is 0 Å². The molecule has 0 fully saturated rings. The molecule has 0 bridgehead atoms. The summed E-state index contributed by atoms with van der Waals surface area (Å²) in [6.45, 7) is 4.25. The van der Waals surface area contributed by atoms with Gasteiger partial charge in [-0.2, -0.15) is 0 Å². The van der Waals surface area contributed by atoms with Crippen LogP contribution in [0.2, 0.25) is 10.0 Å². The summed E-state index contributed by atoms with van der Waals surface area (Å²) in [6, 6.07) is 13.0. The first-order valence-corrected chi connectivity index (χ1v) is 9.93. The lowest BCUT2D eigenvalue weighted by Gasteiger charge is -2.41. The molecule has 1 aliphatic heterocycles. The van der Waals surface area contributed by atoms with Crippen LogP contribution in [0.1, 0.15) is 50.3 Å². The van der Waals surface area contributed by atoms with Crippen LogP contribution in [-0.2, 0) is 4.79 Å². The van der Waals surface area contributed by atoms with E-state index in [1.165, 1.54) is 6.08 Å². The number of amides is 1. The van der Waals surface area contributed by atoms with Crippen LogP contribution in [-0.4, -0.2) is 11.5 Å². The fraction of sp³-hybridized carbons (Fsp3) is 0.318. The quantitative estimate of drug-likeness (QED) is 0.602. The molecule has 2 aromatic carbocycles. The van der Waals surface area contributed by atoms with E-state index in [1.807, 2.05) is 24.3 Å². The average Bonchev–Trinajstić information content (AvgIpc) is 2.67. The lowest BCUT2D eigenvalue weighted by Crippen LogP contribution is -2.44. The van der Waals surface area contributed by atoms with E-state index < -0.39 is 0 Å². The van der Waals surface area contributed by atoms with Gasteiger partial charge in [0, 0.05) is 28.1 Å². The molecular weight excluding hydrogens is 381 g/mol. The summed E-state index contributed by atoms with van der Waals surface area (Å²) >= 11 is 12.1. The molecule has 5 heteroatoms. The summed E-state index contributed by atoms with van der Waals surface area (Å²) < 4.78 is 6.29. The van der Waals surface area contributed by atoms with Crippen LogP contribution in [0.3, 0.4) is 0 Å². The molecule has 1 N–H and O–H groups in total. The molecular formula is C22H23Cl2NO2. The zero-order valence-corrected chi connectivity index (χ0v) is 17.0. The molecule has 3 nitrogen and oxygen atoms in total. The SMILES string of the molecule is CCC1(CC)C[C@@H](NC(=O)/C=C/c2ccc(Cl)cc2Cl)c2ccccc2O1. The van der Waals surface area contributed by atoms with Gasteiger partial charge in [0.25, 0.3) is 0 Å². The second-order valence-electron chi connectivity index (χ2n) is 6.79. The number of carbonyl (C=O) groups excluding carboxylic acids is 1. The van der Waals surface area contributed by atoms with Crippen LogP contribution in [0.5, 0.6) is 5.75 Å². The van der Waals surface area contributed by atoms with Gasteiger partial charge in [0.05, 0.1) is 6.04 Å². The fourth-order valence-electron chi connectivity index (χ4n) is 3.45. The molecule has 1 heterocycles. The minimum Gasteiger partial charge on any atom is -0.487 e. The van der Waals surface area contributed by atoms with Crippen molar-refractivity contribution >= 4 is 35.2 Å². The first-order valence-electron chi connectivity index (χ1n) is 9.18. The van der Waals surface area contributed by atoms with Gasteiger partial charge in [0.2, 0.25) is 5.91 Å². The third-order valence-corrected chi connectivity index (χ3v) is 5.74. The number of halogens is 2. The van der Waals surface area contributed by atoms with E-state index >= 15 is 0 Å². The Morgan fingerprint density at radius 1 is 1.22 bits per heavy atom. The second kappa shape index (κ2) is 8.37. The van der Waals surface area contributed by atoms with Gasteiger partial charge in [-0.3, -0.25) is 4.79 Å². The molecule has 0 radical (unpaired) electrons. The zero-order valence-electron chi connectivity index (χ0n) is 15.5. The number of rotatable bonds is 5. The normalized spacial score (nSPS) is 18.0. The molecule has 1 aliphatic rings. The van der Waals surface area contributed by atoms with Crippen LogP contribution in [0.25, 0.3) is 6.08 Å². The molecule has 1 amide bonds. The number of fused-ring (bicyclic) bond motifs is 1. The highest BCUT2D eigenvalue weighted by atomic mass is 35.5. The smallest absolute Gasteiger partial charge is 0.244 e. The second-order valence-corrected chi connectivity index (χ2v) is 7.64. The Bertz CT molecular complexity index is 859. The highest BCUT2D eigenvalue weighted by molar-refractivity contribution is 6.35. The maximum absolute atomic E-state index is 12.6. The van der Waals surface area contributed by atoms with Crippen LogP contribution in [0.4, 0.5) is 0 Å². The van der Waals surface area contributed by atoms with Crippen LogP contribution in [0, 0.1) is 0 Å². The standard InChI is InChI=1S/C22H23Cl2NO2/c1-3-22(4-2)14-19(17-7-5-6-8-20(17)27-22)25-21(26)12-10-15-9-11-16(23)13-18(15)24/h5-13,19H,3-4,14H2,1-2H3,(H,25,26)/b12-10+/t19-/m1/s1. The monoisotopic (exact) mass is 403 g/mol. The van der Waals surface area contributed by atoms with Crippen molar-refractivity contribution in [2.24, 2.45) is 0 Å². The summed E-state index contributed by atoms with van der Waals surface area (Å²) in [5, 5.41) is 4.20. The first-order chi connectivity index (χ1) is 13.0. The van der Waals surface area contributed by atoms with Gasteiger partial charge in [-0.25, -0.2) is 0 Å². The third-order valence-electron chi connectivity index (χ3n) is 5.18. The van der Waals surface area contributed by atoms with E-state index in [1.54, 1.807) is 24.3 Å².